The van der Waals surface area contributed by atoms with E-state index in [0.29, 0.717) is 6.54 Å². The SMILES string of the molecule is CC(=O)Nc1ccc(NC(=O)CN2CCCNCC2)cc1.Cl. The van der Waals surface area contributed by atoms with E-state index in [4.69, 9.17) is 0 Å². The van der Waals surface area contributed by atoms with Gasteiger partial charge in [-0.2, -0.15) is 0 Å². The van der Waals surface area contributed by atoms with E-state index in [1.165, 1.54) is 6.92 Å². The van der Waals surface area contributed by atoms with Crippen LogP contribution in [0.15, 0.2) is 24.3 Å². The van der Waals surface area contributed by atoms with Crippen LogP contribution in [0, 0.1) is 0 Å². The van der Waals surface area contributed by atoms with Crippen molar-refractivity contribution < 1.29 is 9.59 Å². The molecule has 3 N–H and O–H groups in total. The number of nitrogens with zero attached hydrogens (tertiary/aromatic N) is 1. The van der Waals surface area contributed by atoms with Gasteiger partial charge < -0.3 is 16.0 Å². The molecule has 6 nitrogen and oxygen atoms in total. The smallest absolute Gasteiger partial charge is 0.238 e. The van der Waals surface area contributed by atoms with E-state index in [1.807, 2.05) is 0 Å². The highest BCUT2D eigenvalue weighted by molar-refractivity contribution is 5.93. The van der Waals surface area contributed by atoms with Crippen LogP contribution in [-0.4, -0.2) is 49.4 Å². The summed E-state index contributed by atoms with van der Waals surface area (Å²) < 4.78 is 0. The molecule has 0 aliphatic carbocycles. The van der Waals surface area contributed by atoms with Gasteiger partial charge in [-0.15, -0.1) is 12.4 Å². The lowest BCUT2D eigenvalue weighted by atomic mass is 10.2. The van der Waals surface area contributed by atoms with Crippen molar-refractivity contribution in [1.29, 1.82) is 0 Å². The third kappa shape index (κ3) is 6.43. The molecule has 2 rings (SSSR count). The summed E-state index contributed by atoms with van der Waals surface area (Å²) in [6, 6.07) is 7.11. The number of benzene rings is 1. The molecule has 1 aliphatic rings. The Morgan fingerprint density at radius 2 is 1.73 bits per heavy atom. The molecule has 122 valence electrons. The van der Waals surface area contributed by atoms with Gasteiger partial charge in [-0.1, -0.05) is 0 Å². The number of nitrogens with one attached hydrogen (secondary N) is 3. The van der Waals surface area contributed by atoms with Crippen molar-refractivity contribution in [3.63, 3.8) is 0 Å². The molecule has 0 radical (unpaired) electrons. The second kappa shape index (κ2) is 9.40. The Morgan fingerprint density at radius 1 is 1.09 bits per heavy atom. The molecule has 2 amide bonds. The molecule has 1 saturated heterocycles. The quantitative estimate of drug-likeness (QED) is 0.780. The van der Waals surface area contributed by atoms with Crippen LogP contribution in [-0.2, 0) is 9.59 Å². The summed E-state index contributed by atoms with van der Waals surface area (Å²) in [5.74, 6) is -0.120. The predicted molar refractivity (Wildman–Crippen MR) is 90.6 cm³/mol. The maximum Gasteiger partial charge on any atom is 0.238 e. The number of hydrogen-bond acceptors (Lipinski definition) is 4. The minimum atomic E-state index is -0.110. The van der Waals surface area contributed by atoms with Gasteiger partial charge in [0.15, 0.2) is 0 Å². The van der Waals surface area contributed by atoms with Crippen molar-refractivity contribution in [2.24, 2.45) is 0 Å². The normalized spacial score (nSPS) is 15.3. The van der Waals surface area contributed by atoms with Gasteiger partial charge in [0.2, 0.25) is 11.8 Å². The van der Waals surface area contributed by atoms with Crippen molar-refractivity contribution in [3.05, 3.63) is 24.3 Å². The van der Waals surface area contributed by atoms with Crippen LogP contribution < -0.4 is 16.0 Å². The van der Waals surface area contributed by atoms with Crippen LogP contribution in [0.2, 0.25) is 0 Å². The lowest BCUT2D eigenvalue weighted by Crippen LogP contribution is -2.35. The minimum absolute atomic E-state index is 0. The number of carbonyl (C=O) groups excluding carboxylic acids is 2. The lowest BCUT2D eigenvalue weighted by Gasteiger charge is -2.18. The Hall–Kier alpha value is -1.63. The first-order chi connectivity index (χ1) is 10.1. The highest BCUT2D eigenvalue weighted by Gasteiger charge is 2.12. The maximum absolute atomic E-state index is 12.0. The van der Waals surface area contributed by atoms with Crippen molar-refractivity contribution >= 4 is 35.6 Å². The Morgan fingerprint density at radius 3 is 2.36 bits per heavy atom. The van der Waals surface area contributed by atoms with E-state index < -0.39 is 0 Å². The lowest BCUT2D eigenvalue weighted by molar-refractivity contribution is -0.117. The van der Waals surface area contributed by atoms with Crippen molar-refractivity contribution in [2.45, 2.75) is 13.3 Å². The monoisotopic (exact) mass is 326 g/mol. The molecule has 0 unspecified atom stereocenters. The van der Waals surface area contributed by atoms with E-state index in [2.05, 4.69) is 20.9 Å². The van der Waals surface area contributed by atoms with E-state index in [1.54, 1.807) is 24.3 Å². The first kappa shape index (κ1) is 18.4. The molecule has 0 spiro atoms. The third-order valence-corrected chi connectivity index (χ3v) is 3.29. The van der Waals surface area contributed by atoms with E-state index in [9.17, 15) is 9.59 Å². The molecule has 1 fully saturated rings. The van der Waals surface area contributed by atoms with Gasteiger partial charge in [-0.05, 0) is 43.8 Å². The highest BCUT2D eigenvalue weighted by Crippen LogP contribution is 2.13. The molecule has 1 aromatic carbocycles. The number of rotatable bonds is 4. The Balaban J connectivity index is 0.00000242. The number of hydrogen-bond donors (Lipinski definition) is 3. The fourth-order valence-corrected chi connectivity index (χ4v) is 2.30. The first-order valence-electron chi connectivity index (χ1n) is 7.24. The fourth-order valence-electron chi connectivity index (χ4n) is 2.30. The summed E-state index contributed by atoms with van der Waals surface area (Å²) in [7, 11) is 0. The van der Waals surface area contributed by atoms with Crippen molar-refractivity contribution in [2.75, 3.05) is 43.4 Å². The molecule has 1 heterocycles. The maximum atomic E-state index is 12.0. The second-order valence-corrected chi connectivity index (χ2v) is 5.19. The van der Waals surface area contributed by atoms with Gasteiger partial charge in [0.05, 0.1) is 6.54 Å². The van der Waals surface area contributed by atoms with Crippen LogP contribution in [0.4, 0.5) is 11.4 Å². The zero-order valence-corrected chi connectivity index (χ0v) is 13.5. The molecule has 22 heavy (non-hydrogen) atoms. The van der Waals surface area contributed by atoms with Gasteiger partial charge >= 0.3 is 0 Å². The van der Waals surface area contributed by atoms with Crippen LogP contribution >= 0.6 is 12.4 Å². The Labute approximate surface area is 137 Å². The summed E-state index contributed by atoms with van der Waals surface area (Å²) in [6.07, 6.45) is 1.07. The standard InChI is InChI=1S/C15H22N4O2.ClH/c1-12(20)17-13-3-5-14(6-4-13)18-15(21)11-19-9-2-7-16-8-10-19;/h3-6,16H,2,7-11H2,1H3,(H,17,20)(H,18,21);1H. The Bertz CT molecular complexity index is 485. The van der Waals surface area contributed by atoms with Gasteiger partial charge in [0, 0.05) is 31.4 Å². The predicted octanol–water partition coefficient (Wildman–Crippen LogP) is 1.30. The number of anilines is 2. The molecule has 0 aromatic heterocycles. The third-order valence-electron chi connectivity index (χ3n) is 3.29. The first-order valence-corrected chi connectivity index (χ1v) is 7.24. The molecule has 0 saturated carbocycles. The topological polar surface area (TPSA) is 73.5 Å². The minimum Gasteiger partial charge on any atom is -0.326 e. The van der Waals surface area contributed by atoms with Crippen LogP contribution in [0.5, 0.6) is 0 Å². The molecule has 7 heteroatoms. The summed E-state index contributed by atoms with van der Waals surface area (Å²) in [4.78, 5) is 25.1. The summed E-state index contributed by atoms with van der Waals surface area (Å²) in [6.45, 7) is 5.67. The van der Waals surface area contributed by atoms with Crippen LogP contribution in [0.3, 0.4) is 0 Å². The van der Waals surface area contributed by atoms with Crippen LogP contribution in [0.25, 0.3) is 0 Å². The highest BCUT2D eigenvalue weighted by atomic mass is 35.5. The van der Waals surface area contributed by atoms with Gasteiger partial charge in [0.25, 0.3) is 0 Å². The summed E-state index contributed by atoms with van der Waals surface area (Å²) in [5.41, 5.74) is 1.46. The number of carbonyl (C=O) groups is 2. The second-order valence-electron chi connectivity index (χ2n) is 5.19. The fraction of sp³-hybridized carbons (Fsp3) is 0.467. The van der Waals surface area contributed by atoms with Crippen molar-refractivity contribution in [3.8, 4) is 0 Å². The van der Waals surface area contributed by atoms with E-state index in [0.717, 1.165) is 44.0 Å². The molecule has 1 aliphatic heterocycles. The van der Waals surface area contributed by atoms with Crippen molar-refractivity contribution in [1.82, 2.24) is 10.2 Å². The average molecular weight is 327 g/mol. The molecule has 0 bridgehead atoms. The number of halogens is 1. The van der Waals surface area contributed by atoms with Crippen LogP contribution in [0.1, 0.15) is 13.3 Å². The summed E-state index contributed by atoms with van der Waals surface area (Å²) >= 11 is 0. The summed E-state index contributed by atoms with van der Waals surface area (Å²) in [5, 5.41) is 8.88. The Kier molecular flexibility index (Phi) is 7.87. The van der Waals surface area contributed by atoms with E-state index >= 15 is 0 Å². The zero-order valence-electron chi connectivity index (χ0n) is 12.7. The molecular weight excluding hydrogens is 304 g/mol. The largest absolute Gasteiger partial charge is 0.326 e. The number of amides is 2. The van der Waals surface area contributed by atoms with Gasteiger partial charge in [-0.3, -0.25) is 14.5 Å². The van der Waals surface area contributed by atoms with Gasteiger partial charge in [-0.25, -0.2) is 0 Å². The molecular formula is C15H23ClN4O2. The molecule has 1 aromatic rings. The van der Waals surface area contributed by atoms with Gasteiger partial charge in [0.1, 0.15) is 0 Å². The molecule has 0 atom stereocenters. The average Bonchev–Trinajstić information content (AvgIpc) is 2.69. The van der Waals surface area contributed by atoms with E-state index in [-0.39, 0.29) is 24.2 Å². The zero-order chi connectivity index (χ0) is 15.1.